The van der Waals surface area contributed by atoms with Gasteiger partial charge in [0.2, 0.25) is 0 Å². The summed E-state index contributed by atoms with van der Waals surface area (Å²) in [5, 5.41) is 3.72. The van der Waals surface area contributed by atoms with Crippen molar-refractivity contribution in [3.63, 3.8) is 0 Å². The third-order valence-corrected chi connectivity index (χ3v) is 4.50. The number of anilines is 4. The largest absolute Gasteiger partial charge is 0.393 e. The summed E-state index contributed by atoms with van der Waals surface area (Å²) in [6.07, 6.45) is 1.34. The number of hydrogen-bond donors (Lipinski definition) is 4. The zero-order valence-corrected chi connectivity index (χ0v) is 16.6. The Hall–Kier alpha value is -2.84. The first-order chi connectivity index (χ1) is 12.9. The molecule has 0 aliphatic rings. The van der Waals surface area contributed by atoms with Crippen LogP contribution in [0.15, 0.2) is 53.3 Å². The number of aryl methyl sites for hydroxylation is 1. The normalized spacial score (nSPS) is 10.3. The van der Waals surface area contributed by atoms with Crippen molar-refractivity contribution in [2.24, 2.45) is 0 Å². The van der Waals surface area contributed by atoms with Gasteiger partial charge in [0.25, 0.3) is 5.91 Å². The summed E-state index contributed by atoms with van der Waals surface area (Å²) in [6, 6.07) is 12.4. The van der Waals surface area contributed by atoms with Gasteiger partial charge in [0, 0.05) is 20.7 Å². The van der Waals surface area contributed by atoms with Crippen LogP contribution >= 0.6 is 27.5 Å². The van der Waals surface area contributed by atoms with Crippen LogP contribution in [0.1, 0.15) is 15.9 Å². The van der Waals surface area contributed by atoms with E-state index in [4.69, 9.17) is 17.3 Å². The summed E-state index contributed by atoms with van der Waals surface area (Å²) in [7, 11) is 0. The quantitative estimate of drug-likeness (QED) is 0.435. The fourth-order valence-corrected chi connectivity index (χ4v) is 2.68. The lowest BCUT2D eigenvalue weighted by atomic mass is 10.2. The van der Waals surface area contributed by atoms with Crippen LogP contribution in [-0.2, 0) is 0 Å². The predicted octanol–water partition coefficient (Wildman–Crippen LogP) is 4.28. The molecule has 1 amide bonds. The molecule has 7 nitrogen and oxygen atoms in total. The van der Waals surface area contributed by atoms with E-state index in [1.54, 1.807) is 36.4 Å². The number of rotatable bonds is 5. The lowest BCUT2D eigenvalue weighted by molar-refractivity contribution is 0.0962. The van der Waals surface area contributed by atoms with E-state index in [-0.39, 0.29) is 17.4 Å². The van der Waals surface area contributed by atoms with Crippen molar-refractivity contribution >= 4 is 56.4 Å². The second-order valence-electron chi connectivity index (χ2n) is 5.65. The number of benzene rings is 2. The molecule has 0 aliphatic carbocycles. The van der Waals surface area contributed by atoms with E-state index < -0.39 is 0 Å². The Morgan fingerprint density at radius 3 is 2.56 bits per heavy atom. The highest BCUT2D eigenvalue weighted by Gasteiger charge is 2.11. The Morgan fingerprint density at radius 1 is 1.11 bits per heavy atom. The molecule has 0 aliphatic heterocycles. The highest BCUT2D eigenvalue weighted by Crippen LogP contribution is 2.28. The Labute approximate surface area is 169 Å². The second kappa shape index (κ2) is 8.24. The van der Waals surface area contributed by atoms with Gasteiger partial charge < -0.3 is 11.1 Å². The minimum absolute atomic E-state index is 0.257. The topological polar surface area (TPSA) is 105 Å². The van der Waals surface area contributed by atoms with Crippen molar-refractivity contribution < 1.29 is 4.79 Å². The van der Waals surface area contributed by atoms with Gasteiger partial charge in [-0.05, 0) is 48.9 Å². The molecule has 9 heteroatoms. The molecular weight excluding hydrogens is 432 g/mol. The SMILES string of the molecule is Cc1ccc(Cl)cc1Nc1ncnc(NNC(=O)c2ccc(Br)cc2)c1N. The highest BCUT2D eigenvalue weighted by atomic mass is 79.9. The van der Waals surface area contributed by atoms with Gasteiger partial charge >= 0.3 is 0 Å². The van der Waals surface area contributed by atoms with Crippen LogP contribution in [0, 0.1) is 6.92 Å². The molecule has 0 atom stereocenters. The van der Waals surface area contributed by atoms with E-state index >= 15 is 0 Å². The van der Waals surface area contributed by atoms with Crippen LogP contribution in [0.2, 0.25) is 5.02 Å². The van der Waals surface area contributed by atoms with Gasteiger partial charge in [-0.1, -0.05) is 33.6 Å². The van der Waals surface area contributed by atoms with Crippen molar-refractivity contribution in [3.05, 3.63) is 69.4 Å². The first-order valence-corrected chi connectivity index (χ1v) is 9.06. The zero-order chi connectivity index (χ0) is 19.4. The predicted molar refractivity (Wildman–Crippen MR) is 111 cm³/mol. The van der Waals surface area contributed by atoms with Crippen LogP contribution in [-0.4, -0.2) is 15.9 Å². The molecule has 5 N–H and O–H groups in total. The molecule has 0 bridgehead atoms. The molecule has 0 saturated carbocycles. The smallest absolute Gasteiger partial charge is 0.269 e. The molecule has 3 rings (SSSR count). The van der Waals surface area contributed by atoms with Crippen LogP contribution < -0.4 is 21.9 Å². The summed E-state index contributed by atoms with van der Waals surface area (Å²) in [4.78, 5) is 20.4. The maximum Gasteiger partial charge on any atom is 0.269 e. The van der Waals surface area contributed by atoms with Crippen molar-refractivity contribution in [3.8, 4) is 0 Å². The molecule has 0 unspecified atom stereocenters. The number of hydrogen-bond acceptors (Lipinski definition) is 6. The molecular formula is C18H16BrClN6O. The highest BCUT2D eigenvalue weighted by molar-refractivity contribution is 9.10. The minimum Gasteiger partial charge on any atom is -0.393 e. The number of carbonyl (C=O) groups excluding carboxylic acids is 1. The van der Waals surface area contributed by atoms with Gasteiger partial charge in [-0.25, -0.2) is 9.97 Å². The maximum atomic E-state index is 12.2. The molecule has 0 spiro atoms. The van der Waals surface area contributed by atoms with E-state index in [0.29, 0.717) is 16.4 Å². The third kappa shape index (κ3) is 4.66. The van der Waals surface area contributed by atoms with Crippen LogP contribution in [0.25, 0.3) is 0 Å². The monoisotopic (exact) mass is 446 g/mol. The standard InChI is InChI=1S/C18H16BrClN6O/c1-10-2-7-13(20)8-14(10)24-16-15(21)17(23-9-22-16)25-26-18(27)11-3-5-12(19)6-4-11/h2-9H,21H2,1H3,(H,26,27)(H2,22,23,24,25). The van der Waals surface area contributed by atoms with Crippen molar-refractivity contribution in [1.82, 2.24) is 15.4 Å². The fourth-order valence-electron chi connectivity index (χ4n) is 2.24. The average molecular weight is 448 g/mol. The lowest BCUT2D eigenvalue weighted by Crippen LogP contribution is -2.30. The number of hydrazine groups is 1. The summed E-state index contributed by atoms with van der Waals surface area (Å²) >= 11 is 9.37. The molecule has 1 heterocycles. The van der Waals surface area contributed by atoms with Crippen molar-refractivity contribution in [2.75, 3.05) is 16.5 Å². The summed E-state index contributed by atoms with van der Waals surface area (Å²) < 4.78 is 0.888. The number of aromatic nitrogens is 2. The number of nitrogen functional groups attached to an aromatic ring is 1. The third-order valence-electron chi connectivity index (χ3n) is 3.74. The molecule has 3 aromatic rings. The van der Waals surface area contributed by atoms with E-state index in [1.807, 2.05) is 13.0 Å². The number of nitrogens with one attached hydrogen (secondary N) is 3. The van der Waals surface area contributed by atoms with Crippen LogP contribution in [0.4, 0.5) is 23.0 Å². The first kappa shape index (κ1) is 18.9. The number of carbonyl (C=O) groups is 1. The first-order valence-electron chi connectivity index (χ1n) is 7.89. The van der Waals surface area contributed by atoms with E-state index in [9.17, 15) is 4.79 Å². The van der Waals surface area contributed by atoms with Gasteiger partial charge in [-0.3, -0.25) is 15.6 Å². The molecule has 138 valence electrons. The zero-order valence-electron chi connectivity index (χ0n) is 14.3. The van der Waals surface area contributed by atoms with Crippen LogP contribution in [0.5, 0.6) is 0 Å². The summed E-state index contributed by atoms with van der Waals surface area (Å²) in [6.45, 7) is 1.94. The fraction of sp³-hybridized carbons (Fsp3) is 0.0556. The number of nitrogens with zero attached hydrogens (tertiary/aromatic N) is 2. The number of nitrogens with two attached hydrogens (primary N) is 1. The van der Waals surface area contributed by atoms with Gasteiger partial charge in [0.1, 0.15) is 12.0 Å². The van der Waals surface area contributed by atoms with Gasteiger partial charge in [0.15, 0.2) is 11.6 Å². The van der Waals surface area contributed by atoms with Gasteiger partial charge in [-0.15, -0.1) is 0 Å². The lowest BCUT2D eigenvalue weighted by Gasteiger charge is -2.14. The maximum absolute atomic E-state index is 12.2. The average Bonchev–Trinajstić information content (AvgIpc) is 2.65. The Morgan fingerprint density at radius 2 is 1.81 bits per heavy atom. The molecule has 0 fully saturated rings. The molecule has 2 aromatic carbocycles. The van der Waals surface area contributed by atoms with Crippen LogP contribution in [0.3, 0.4) is 0 Å². The Balaban J connectivity index is 1.74. The van der Waals surface area contributed by atoms with Gasteiger partial charge in [-0.2, -0.15) is 0 Å². The molecule has 27 heavy (non-hydrogen) atoms. The molecule has 0 saturated heterocycles. The van der Waals surface area contributed by atoms with E-state index in [0.717, 1.165) is 15.7 Å². The van der Waals surface area contributed by atoms with E-state index in [2.05, 4.69) is 42.1 Å². The minimum atomic E-state index is -0.319. The van der Waals surface area contributed by atoms with E-state index in [1.165, 1.54) is 6.33 Å². The summed E-state index contributed by atoms with van der Waals surface area (Å²) in [5.41, 5.74) is 13.9. The Bertz CT molecular complexity index is 980. The number of halogens is 2. The van der Waals surface area contributed by atoms with Crippen molar-refractivity contribution in [1.29, 1.82) is 0 Å². The Kier molecular flexibility index (Phi) is 5.78. The van der Waals surface area contributed by atoms with Gasteiger partial charge in [0.05, 0.1) is 0 Å². The number of amides is 1. The second-order valence-corrected chi connectivity index (χ2v) is 7.01. The summed E-state index contributed by atoms with van der Waals surface area (Å²) in [5.74, 6) is 0.356. The van der Waals surface area contributed by atoms with Crippen molar-refractivity contribution in [2.45, 2.75) is 6.92 Å². The molecule has 1 aromatic heterocycles. The molecule has 0 radical (unpaired) electrons.